The summed E-state index contributed by atoms with van der Waals surface area (Å²) in [6, 6.07) is 6.88. The Bertz CT molecular complexity index is 574. The van der Waals surface area contributed by atoms with Crippen LogP contribution in [0.1, 0.15) is 37.7 Å². The van der Waals surface area contributed by atoms with Crippen LogP contribution in [0.2, 0.25) is 0 Å². The van der Waals surface area contributed by atoms with Gasteiger partial charge in [0.05, 0.1) is 9.88 Å². The number of nitrogens with zero attached hydrogens (tertiary/aromatic N) is 1. The molecule has 4 nitrogen and oxygen atoms in total. The third-order valence-corrected chi connectivity index (χ3v) is 5.81. The van der Waals surface area contributed by atoms with Crippen LogP contribution in [0.25, 0.3) is 0 Å². The van der Waals surface area contributed by atoms with E-state index < -0.39 is 10.0 Å². The smallest absolute Gasteiger partial charge is 0.243 e. The van der Waals surface area contributed by atoms with Gasteiger partial charge in [0.1, 0.15) is 0 Å². The predicted octanol–water partition coefficient (Wildman–Crippen LogP) is 2.47. The molecule has 1 saturated heterocycles. The minimum Gasteiger partial charge on any atom is -0.393 e. The summed E-state index contributed by atoms with van der Waals surface area (Å²) >= 11 is 4.87. The van der Waals surface area contributed by atoms with Crippen LogP contribution in [-0.4, -0.2) is 30.8 Å². The maximum Gasteiger partial charge on any atom is 0.243 e. The van der Waals surface area contributed by atoms with E-state index in [1.807, 2.05) is 0 Å². The molecule has 1 aromatic carbocycles. The third kappa shape index (κ3) is 4.49. The minimum absolute atomic E-state index is 0.356. The summed E-state index contributed by atoms with van der Waals surface area (Å²) in [6.07, 6.45) is 5.82. The number of benzene rings is 1. The highest BCUT2D eigenvalue weighted by Gasteiger charge is 2.24. The summed E-state index contributed by atoms with van der Waals surface area (Å²) in [5, 5.41) is 0. The fourth-order valence-corrected chi connectivity index (χ4v) is 4.27. The standard InChI is InChI=1S/C15H22N2O2S2/c16-15(20)12-13-6-8-14(9-7-13)21(18,19)17-10-4-2-1-3-5-11-17/h6-9H,1-5,10-12H2,(H2,16,20). The molecule has 0 saturated carbocycles. The van der Waals surface area contributed by atoms with Gasteiger partial charge in [-0.2, -0.15) is 4.31 Å². The highest BCUT2D eigenvalue weighted by molar-refractivity contribution is 7.89. The van der Waals surface area contributed by atoms with Gasteiger partial charge in [-0.05, 0) is 30.5 Å². The monoisotopic (exact) mass is 326 g/mol. The van der Waals surface area contributed by atoms with E-state index in [4.69, 9.17) is 18.0 Å². The molecule has 1 heterocycles. The van der Waals surface area contributed by atoms with Crippen LogP contribution in [0.4, 0.5) is 0 Å². The van der Waals surface area contributed by atoms with Crippen molar-refractivity contribution >= 4 is 27.2 Å². The quantitative estimate of drug-likeness (QED) is 0.863. The number of rotatable bonds is 4. The second kappa shape index (κ2) is 7.33. The average Bonchev–Trinajstić information content (AvgIpc) is 2.37. The Kier molecular flexibility index (Phi) is 5.72. The average molecular weight is 326 g/mol. The highest BCUT2D eigenvalue weighted by Crippen LogP contribution is 2.20. The van der Waals surface area contributed by atoms with Gasteiger partial charge >= 0.3 is 0 Å². The van der Waals surface area contributed by atoms with Gasteiger partial charge in [-0.3, -0.25) is 0 Å². The van der Waals surface area contributed by atoms with Crippen LogP contribution < -0.4 is 5.73 Å². The number of thiocarbonyl (C=S) groups is 1. The zero-order valence-corrected chi connectivity index (χ0v) is 13.8. The molecule has 1 aliphatic heterocycles. The van der Waals surface area contributed by atoms with Crippen molar-refractivity contribution in [1.82, 2.24) is 4.31 Å². The summed E-state index contributed by atoms with van der Waals surface area (Å²) in [7, 11) is -3.38. The van der Waals surface area contributed by atoms with Crippen molar-refractivity contribution in [2.75, 3.05) is 13.1 Å². The SMILES string of the molecule is NC(=S)Cc1ccc(S(=O)(=O)N2CCCCCCC2)cc1. The van der Waals surface area contributed by atoms with Crippen molar-refractivity contribution in [3.05, 3.63) is 29.8 Å². The van der Waals surface area contributed by atoms with Crippen molar-refractivity contribution in [2.45, 2.75) is 43.4 Å². The van der Waals surface area contributed by atoms with Crippen molar-refractivity contribution in [1.29, 1.82) is 0 Å². The molecule has 21 heavy (non-hydrogen) atoms. The Labute approximate surface area is 132 Å². The summed E-state index contributed by atoms with van der Waals surface area (Å²) in [5.41, 5.74) is 6.44. The Morgan fingerprint density at radius 2 is 1.57 bits per heavy atom. The predicted molar refractivity (Wildman–Crippen MR) is 88.8 cm³/mol. The van der Waals surface area contributed by atoms with Crippen LogP contribution in [-0.2, 0) is 16.4 Å². The maximum absolute atomic E-state index is 12.7. The molecule has 0 bridgehead atoms. The lowest BCUT2D eigenvalue weighted by Crippen LogP contribution is -2.33. The largest absolute Gasteiger partial charge is 0.393 e. The first-order chi connectivity index (χ1) is 10.00. The fraction of sp³-hybridized carbons (Fsp3) is 0.533. The summed E-state index contributed by atoms with van der Waals surface area (Å²) in [5.74, 6) is 0. The molecule has 0 radical (unpaired) electrons. The van der Waals surface area contributed by atoms with Crippen LogP contribution in [0.5, 0.6) is 0 Å². The van der Waals surface area contributed by atoms with E-state index in [9.17, 15) is 8.42 Å². The third-order valence-electron chi connectivity index (χ3n) is 3.75. The molecule has 2 N–H and O–H groups in total. The zero-order valence-electron chi connectivity index (χ0n) is 12.1. The van der Waals surface area contributed by atoms with Crippen LogP contribution in [0.15, 0.2) is 29.2 Å². The Morgan fingerprint density at radius 3 is 2.10 bits per heavy atom. The lowest BCUT2D eigenvalue weighted by atomic mass is 10.1. The van der Waals surface area contributed by atoms with Crippen molar-refractivity contribution in [3.8, 4) is 0 Å². The van der Waals surface area contributed by atoms with Gasteiger partial charge in [0, 0.05) is 19.5 Å². The molecule has 2 rings (SSSR count). The molecule has 0 aromatic heterocycles. The van der Waals surface area contributed by atoms with Crippen molar-refractivity contribution in [3.63, 3.8) is 0 Å². The summed E-state index contributed by atoms with van der Waals surface area (Å²) in [6.45, 7) is 1.24. The van der Waals surface area contributed by atoms with Crippen LogP contribution >= 0.6 is 12.2 Å². The number of nitrogens with two attached hydrogens (primary N) is 1. The van der Waals surface area contributed by atoms with Gasteiger partial charge in [0.2, 0.25) is 10.0 Å². The van der Waals surface area contributed by atoms with Gasteiger partial charge in [-0.25, -0.2) is 8.42 Å². The molecular weight excluding hydrogens is 304 g/mol. The number of sulfonamides is 1. The van der Waals surface area contributed by atoms with Crippen LogP contribution in [0.3, 0.4) is 0 Å². The molecule has 116 valence electrons. The molecule has 0 unspecified atom stereocenters. The van der Waals surface area contributed by atoms with Gasteiger partial charge in [-0.1, -0.05) is 43.6 Å². The summed E-state index contributed by atoms with van der Waals surface area (Å²) < 4.78 is 26.9. The molecular formula is C15H22N2O2S2. The molecule has 0 amide bonds. The first-order valence-corrected chi connectivity index (χ1v) is 9.22. The molecule has 6 heteroatoms. The maximum atomic E-state index is 12.7. The molecule has 0 aliphatic carbocycles. The molecule has 1 aromatic rings. The highest BCUT2D eigenvalue weighted by atomic mass is 32.2. The molecule has 1 fully saturated rings. The topological polar surface area (TPSA) is 63.4 Å². The number of hydrogen-bond acceptors (Lipinski definition) is 3. The molecule has 1 aliphatic rings. The zero-order chi connectivity index (χ0) is 15.3. The lowest BCUT2D eigenvalue weighted by Gasteiger charge is -2.24. The normalized spacial score (nSPS) is 17.9. The summed E-state index contributed by atoms with van der Waals surface area (Å²) in [4.78, 5) is 0.768. The van der Waals surface area contributed by atoms with E-state index in [1.165, 1.54) is 6.42 Å². The van der Waals surface area contributed by atoms with Gasteiger partial charge < -0.3 is 5.73 Å². The van der Waals surface area contributed by atoms with E-state index in [-0.39, 0.29) is 0 Å². The Balaban J connectivity index is 2.15. The van der Waals surface area contributed by atoms with E-state index in [0.717, 1.165) is 31.2 Å². The van der Waals surface area contributed by atoms with E-state index >= 15 is 0 Å². The second-order valence-corrected chi connectivity index (χ2v) is 7.92. The number of hydrogen-bond donors (Lipinski definition) is 1. The minimum atomic E-state index is -3.38. The Hall–Kier alpha value is -0.980. The van der Waals surface area contributed by atoms with Crippen molar-refractivity contribution in [2.24, 2.45) is 5.73 Å². The van der Waals surface area contributed by atoms with Gasteiger partial charge in [0.15, 0.2) is 0 Å². The van der Waals surface area contributed by atoms with Gasteiger partial charge in [0.25, 0.3) is 0 Å². The second-order valence-electron chi connectivity index (χ2n) is 5.46. The fourth-order valence-electron chi connectivity index (χ4n) is 2.59. The molecule has 0 atom stereocenters. The van der Waals surface area contributed by atoms with E-state index in [0.29, 0.717) is 29.4 Å². The lowest BCUT2D eigenvalue weighted by molar-refractivity contribution is 0.364. The first kappa shape index (κ1) is 16.4. The van der Waals surface area contributed by atoms with E-state index in [2.05, 4.69) is 0 Å². The van der Waals surface area contributed by atoms with Crippen molar-refractivity contribution < 1.29 is 8.42 Å². The molecule has 0 spiro atoms. The Morgan fingerprint density at radius 1 is 1.05 bits per heavy atom. The van der Waals surface area contributed by atoms with Crippen LogP contribution in [0, 0.1) is 0 Å². The van der Waals surface area contributed by atoms with Gasteiger partial charge in [-0.15, -0.1) is 0 Å². The first-order valence-electron chi connectivity index (χ1n) is 7.37. The van der Waals surface area contributed by atoms with E-state index in [1.54, 1.807) is 28.6 Å².